The molecule has 53 heavy (non-hydrogen) atoms. The first kappa shape index (κ1) is 36.9. The Balaban J connectivity index is 0.000000186. The fourth-order valence-corrected chi connectivity index (χ4v) is 8.28. The lowest BCUT2D eigenvalue weighted by Gasteiger charge is -2.37. The van der Waals surface area contributed by atoms with E-state index in [9.17, 15) is 9.59 Å². The molecule has 0 bridgehead atoms. The zero-order valence-corrected chi connectivity index (χ0v) is 32.1. The topological polar surface area (TPSA) is 71.1 Å². The molecular weight excluding hydrogens is 659 g/mol. The third-order valence-electron chi connectivity index (χ3n) is 11.6. The molecule has 1 atom stereocenters. The van der Waals surface area contributed by atoms with Crippen molar-refractivity contribution >= 4 is 33.6 Å². The van der Waals surface area contributed by atoms with Crippen LogP contribution in [0.5, 0.6) is 0 Å². The van der Waals surface area contributed by atoms with E-state index in [0.29, 0.717) is 18.1 Å². The normalized spacial score (nSPS) is 19.0. The maximum absolute atomic E-state index is 13.1. The molecule has 0 aliphatic carbocycles. The van der Waals surface area contributed by atoms with E-state index in [-0.39, 0.29) is 11.8 Å². The van der Waals surface area contributed by atoms with Gasteiger partial charge in [-0.05, 0) is 101 Å². The molecular formula is C44H57N7O2. The van der Waals surface area contributed by atoms with Gasteiger partial charge >= 0.3 is 0 Å². The van der Waals surface area contributed by atoms with Crippen molar-refractivity contribution in [3.63, 3.8) is 0 Å². The predicted octanol–water partition coefficient (Wildman–Crippen LogP) is 6.81. The summed E-state index contributed by atoms with van der Waals surface area (Å²) in [6.07, 6.45) is 6.60. The maximum Gasteiger partial charge on any atom is 0.253 e. The number of nitrogens with one attached hydrogen (secondary N) is 1. The lowest BCUT2D eigenvalue weighted by Crippen LogP contribution is -2.50. The fourth-order valence-electron chi connectivity index (χ4n) is 8.28. The summed E-state index contributed by atoms with van der Waals surface area (Å²) in [4.78, 5) is 40.3. The van der Waals surface area contributed by atoms with Gasteiger partial charge in [0.05, 0.1) is 0 Å². The molecule has 1 N–H and O–H groups in total. The molecule has 3 aliphatic heterocycles. The molecule has 9 nitrogen and oxygen atoms in total. The number of hydrogen-bond donors (Lipinski definition) is 1. The number of fused-ring (bicyclic) bond motifs is 2. The Bertz CT molecular complexity index is 1970. The van der Waals surface area contributed by atoms with Crippen LogP contribution in [0.4, 0.5) is 0 Å². The Labute approximate surface area is 315 Å². The Kier molecular flexibility index (Phi) is 11.6. The Morgan fingerprint density at radius 1 is 0.679 bits per heavy atom. The average molecular weight is 716 g/mol. The predicted molar refractivity (Wildman–Crippen MR) is 215 cm³/mol. The Morgan fingerprint density at radius 3 is 1.91 bits per heavy atom. The van der Waals surface area contributed by atoms with Gasteiger partial charge in [0.2, 0.25) is 0 Å². The van der Waals surface area contributed by atoms with Crippen LogP contribution in [0.25, 0.3) is 21.8 Å². The molecule has 3 fully saturated rings. The minimum Gasteiger partial charge on any atom is -0.361 e. The van der Waals surface area contributed by atoms with Gasteiger partial charge in [-0.1, -0.05) is 30.3 Å². The van der Waals surface area contributed by atoms with Crippen molar-refractivity contribution in [3.05, 3.63) is 108 Å². The first-order valence-electron chi connectivity index (χ1n) is 19.7. The van der Waals surface area contributed by atoms with Gasteiger partial charge in [-0.2, -0.15) is 0 Å². The van der Waals surface area contributed by atoms with Crippen LogP contribution in [0.1, 0.15) is 66.8 Å². The van der Waals surface area contributed by atoms with Gasteiger partial charge < -0.3 is 19.4 Å². The number of piperazine rings is 2. The SMILES string of the molecule is CC(C)N1CCN(C(=O)c2ccc3[nH]ccc3c2)CC1.CC(C)N1CCN(C(=O)c2ccc3c(ccn3C[C@@H]3CCCN3Cc3ccccc3)c2)CC1. The van der Waals surface area contributed by atoms with E-state index in [2.05, 4.69) is 107 Å². The molecule has 3 aliphatic rings. The van der Waals surface area contributed by atoms with Crippen LogP contribution in [-0.4, -0.2) is 123 Å². The molecule has 0 spiro atoms. The highest BCUT2D eigenvalue weighted by atomic mass is 16.2. The number of likely N-dealkylation sites (tertiary alicyclic amines) is 1. The van der Waals surface area contributed by atoms with Gasteiger partial charge in [-0.25, -0.2) is 0 Å². The summed E-state index contributed by atoms with van der Waals surface area (Å²) in [5.74, 6) is 0.314. The highest BCUT2D eigenvalue weighted by molar-refractivity contribution is 5.99. The van der Waals surface area contributed by atoms with E-state index >= 15 is 0 Å². The number of rotatable bonds is 8. The molecule has 280 valence electrons. The molecule has 3 aromatic carbocycles. The van der Waals surface area contributed by atoms with Crippen molar-refractivity contribution in [1.82, 2.24) is 34.1 Å². The largest absolute Gasteiger partial charge is 0.361 e. The van der Waals surface area contributed by atoms with Crippen LogP contribution in [0, 0.1) is 0 Å². The van der Waals surface area contributed by atoms with E-state index in [0.717, 1.165) is 92.9 Å². The quantitative estimate of drug-likeness (QED) is 0.191. The number of carbonyl (C=O) groups is 2. The summed E-state index contributed by atoms with van der Waals surface area (Å²) in [6.45, 7) is 19.2. The summed E-state index contributed by atoms with van der Waals surface area (Å²) in [7, 11) is 0. The molecule has 2 aromatic heterocycles. The van der Waals surface area contributed by atoms with Gasteiger partial charge in [-0.3, -0.25) is 24.3 Å². The number of benzene rings is 3. The molecule has 5 aromatic rings. The van der Waals surface area contributed by atoms with E-state index in [1.165, 1.54) is 30.5 Å². The Hall–Kier alpha value is -4.44. The Morgan fingerprint density at radius 2 is 1.28 bits per heavy atom. The minimum atomic E-state index is 0.150. The lowest BCUT2D eigenvalue weighted by atomic mass is 10.1. The van der Waals surface area contributed by atoms with Crippen molar-refractivity contribution in [2.75, 3.05) is 58.9 Å². The first-order valence-corrected chi connectivity index (χ1v) is 19.7. The van der Waals surface area contributed by atoms with Crippen LogP contribution >= 0.6 is 0 Å². The summed E-state index contributed by atoms with van der Waals surface area (Å²) >= 11 is 0. The third-order valence-corrected chi connectivity index (χ3v) is 11.6. The second kappa shape index (κ2) is 16.7. The number of H-pyrrole nitrogens is 1. The number of aromatic amines is 1. The van der Waals surface area contributed by atoms with Crippen LogP contribution in [0.2, 0.25) is 0 Å². The van der Waals surface area contributed by atoms with Gasteiger partial charge in [0.1, 0.15) is 0 Å². The van der Waals surface area contributed by atoms with Crippen molar-refractivity contribution in [3.8, 4) is 0 Å². The molecule has 0 radical (unpaired) electrons. The van der Waals surface area contributed by atoms with Gasteiger partial charge in [0.25, 0.3) is 11.8 Å². The minimum absolute atomic E-state index is 0.150. The summed E-state index contributed by atoms with van der Waals surface area (Å²) in [5.41, 5.74) is 5.29. The standard InChI is InChI=1S/C28H36N4O.C16H21N3O/c1-22(2)29-15-17-30(18-16-29)28(33)25-10-11-27-24(19-25)12-14-32(27)21-26-9-6-13-31(26)20-23-7-4-3-5-8-23;1-12(2)18-7-9-19(10-8-18)16(20)14-3-4-15-13(11-14)5-6-17-15/h3-5,7-8,10-12,14,19,22,26H,6,9,13,15-18,20-21H2,1-2H3;3-6,11-12,17H,7-10H2,1-2H3/t26-;/m0./s1. The lowest BCUT2D eigenvalue weighted by molar-refractivity contribution is 0.0590. The van der Waals surface area contributed by atoms with E-state index < -0.39 is 0 Å². The number of aromatic nitrogens is 2. The zero-order chi connectivity index (χ0) is 36.9. The van der Waals surface area contributed by atoms with Crippen LogP contribution in [0.3, 0.4) is 0 Å². The van der Waals surface area contributed by atoms with Crippen molar-refractivity contribution in [1.29, 1.82) is 0 Å². The molecule has 3 saturated heterocycles. The molecule has 5 heterocycles. The number of nitrogens with zero attached hydrogens (tertiary/aromatic N) is 6. The second-order valence-corrected chi connectivity index (χ2v) is 15.6. The monoisotopic (exact) mass is 715 g/mol. The van der Waals surface area contributed by atoms with Crippen molar-refractivity contribution in [2.24, 2.45) is 0 Å². The summed E-state index contributed by atoms with van der Waals surface area (Å²) in [5, 5.41) is 2.26. The van der Waals surface area contributed by atoms with Crippen molar-refractivity contribution in [2.45, 2.75) is 71.8 Å². The van der Waals surface area contributed by atoms with Gasteiger partial charge in [0.15, 0.2) is 0 Å². The van der Waals surface area contributed by atoms with Crippen LogP contribution < -0.4 is 0 Å². The number of hydrogen-bond acceptors (Lipinski definition) is 5. The molecule has 9 heteroatoms. The highest BCUT2D eigenvalue weighted by Crippen LogP contribution is 2.25. The van der Waals surface area contributed by atoms with E-state index in [4.69, 9.17) is 0 Å². The van der Waals surface area contributed by atoms with Crippen LogP contribution in [-0.2, 0) is 13.1 Å². The highest BCUT2D eigenvalue weighted by Gasteiger charge is 2.27. The smallest absolute Gasteiger partial charge is 0.253 e. The number of amides is 2. The first-order chi connectivity index (χ1) is 25.7. The van der Waals surface area contributed by atoms with Gasteiger partial charge in [-0.15, -0.1) is 0 Å². The molecule has 0 saturated carbocycles. The van der Waals surface area contributed by atoms with Crippen LogP contribution in [0.15, 0.2) is 91.3 Å². The summed E-state index contributed by atoms with van der Waals surface area (Å²) < 4.78 is 2.37. The number of carbonyl (C=O) groups excluding carboxylic acids is 2. The molecule has 2 amide bonds. The van der Waals surface area contributed by atoms with E-state index in [1.54, 1.807) is 0 Å². The van der Waals surface area contributed by atoms with Crippen molar-refractivity contribution < 1.29 is 9.59 Å². The zero-order valence-electron chi connectivity index (χ0n) is 32.1. The average Bonchev–Trinajstić information content (AvgIpc) is 3.95. The molecule has 0 unspecified atom stereocenters. The van der Waals surface area contributed by atoms with E-state index in [1.807, 2.05) is 46.3 Å². The summed E-state index contributed by atoms with van der Waals surface area (Å²) in [6, 6.07) is 28.7. The maximum atomic E-state index is 13.1. The second-order valence-electron chi connectivity index (χ2n) is 15.6. The molecule has 8 rings (SSSR count). The van der Waals surface area contributed by atoms with Gasteiger partial charge in [0, 0.05) is 129 Å². The third kappa shape index (κ3) is 8.69. The fraction of sp³-hybridized carbons (Fsp3) is 0.455.